The Labute approximate surface area is 122 Å². The van der Waals surface area contributed by atoms with Crippen LogP contribution in [0.25, 0.3) is 16.7 Å². The number of nitrogens with one attached hydrogen (secondary N) is 1. The van der Waals surface area contributed by atoms with Gasteiger partial charge in [-0.05, 0) is 24.3 Å². The second kappa shape index (κ2) is 4.94. The number of hydrogen-bond donors (Lipinski definition) is 1. The van der Waals surface area contributed by atoms with E-state index in [1.165, 1.54) is 25.3 Å². The van der Waals surface area contributed by atoms with Crippen molar-refractivity contribution in [3.05, 3.63) is 58.5 Å². The zero-order valence-corrected chi connectivity index (χ0v) is 11.4. The van der Waals surface area contributed by atoms with Gasteiger partial charge in [-0.1, -0.05) is 18.2 Å². The van der Waals surface area contributed by atoms with Gasteiger partial charge in [0.15, 0.2) is 0 Å². The van der Waals surface area contributed by atoms with Gasteiger partial charge in [-0.25, -0.2) is 4.79 Å². The molecule has 1 aromatic heterocycles. The van der Waals surface area contributed by atoms with Crippen molar-refractivity contribution >= 4 is 11.0 Å². The number of alkyl halides is 3. The molecule has 0 spiro atoms. The van der Waals surface area contributed by atoms with Crippen LogP contribution >= 0.6 is 0 Å². The van der Waals surface area contributed by atoms with Crippen molar-refractivity contribution in [3.8, 4) is 11.4 Å². The van der Waals surface area contributed by atoms with Crippen LogP contribution in [0, 0.1) is 0 Å². The number of fused-ring (bicyclic) bond motifs is 1. The first-order valence-corrected chi connectivity index (χ1v) is 6.38. The second-order valence-corrected chi connectivity index (χ2v) is 4.64. The topological polar surface area (TPSA) is 47.0 Å². The fourth-order valence-corrected chi connectivity index (χ4v) is 2.43. The van der Waals surface area contributed by atoms with Crippen molar-refractivity contribution in [2.24, 2.45) is 0 Å². The van der Waals surface area contributed by atoms with Crippen LogP contribution in [0.3, 0.4) is 0 Å². The lowest BCUT2D eigenvalue weighted by Gasteiger charge is -2.13. The van der Waals surface area contributed by atoms with Crippen molar-refractivity contribution < 1.29 is 17.9 Å². The molecule has 0 aliphatic heterocycles. The maximum absolute atomic E-state index is 13.2. The van der Waals surface area contributed by atoms with E-state index >= 15 is 0 Å². The lowest BCUT2D eigenvalue weighted by Crippen LogP contribution is -2.17. The third-order valence-corrected chi connectivity index (χ3v) is 3.34. The minimum atomic E-state index is -4.57. The van der Waals surface area contributed by atoms with Gasteiger partial charge in [0.1, 0.15) is 5.75 Å². The molecule has 0 atom stereocenters. The molecule has 0 saturated heterocycles. The number of H-pyrrole nitrogens is 1. The molecule has 0 aliphatic carbocycles. The molecule has 0 saturated carbocycles. The summed E-state index contributed by atoms with van der Waals surface area (Å²) in [5.41, 5.74) is -1.39. The van der Waals surface area contributed by atoms with Gasteiger partial charge in [0.25, 0.3) is 0 Å². The number of imidazole rings is 1. The van der Waals surface area contributed by atoms with Gasteiger partial charge >= 0.3 is 11.9 Å². The Bertz CT molecular complexity index is 894. The SMILES string of the molecule is COc1ccccc1-n1c(=O)[nH]c2cccc(C(F)(F)F)c21. The zero-order chi connectivity index (χ0) is 15.9. The molecule has 0 fully saturated rings. The highest BCUT2D eigenvalue weighted by Crippen LogP contribution is 2.35. The number of benzene rings is 2. The van der Waals surface area contributed by atoms with E-state index in [9.17, 15) is 18.0 Å². The third kappa shape index (κ3) is 2.14. The molecule has 0 aliphatic rings. The maximum atomic E-state index is 13.2. The summed E-state index contributed by atoms with van der Waals surface area (Å²) in [5, 5.41) is 0. The molecule has 1 N–H and O–H groups in total. The lowest BCUT2D eigenvalue weighted by atomic mass is 10.1. The van der Waals surface area contributed by atoms with E-state index in [1.807, 2.05) is 0 Å². The van der Waals surface area contributed by atoms with E-state index in [1.54, 1.807) is 18.2 Å². The van der Waals surface area contributed by atoms with E-state index in [4.69, 9.17) is 4.74 Å². The number of rotatable bonds is 2. The highest BCUT2D eigenvalue weighted by atomic mass is 19.4. The normalized spacial score (nSPS) is 11.8. The number of methoxy groups -OCH3 is 1. The van der Waals surface area contributed by atoms with Crippen molar-refractivity contribution in [2.75, 3.05) is 7.11 Å². The number of halogens is 3. The third-order valence-electron chi connectivity index (χ3n) is 3.34. The summed E-state index contributed by atoms with van der Waals surface area (Å²) in [6.07, 6.45) is -4.57. The molecule has 4 nitrogen and oxygen atoms in total. The van der Waals surface area contributed by atoms with Gasteiger partial charge in [0.2, 0.25) is 0 Å². The standard InChI is InChI=1S/C15H11F3N2O2/c1-22-12-8-3-2-7-11(12)20-13-9(15(16,17)18)5-4-6-10(13)19-14(20)21/h2-8H,1H3,(H,19,21). The fraction of sp³-hybridized carbons (Fsp3) is 0.133. The molecule has 0 radical (unpaired) electrons. The number of aromatic nitrogens is 2. The molecular formula is C15H11F3N2O2. The van der Waals surface area contributed by atoms with E-state index in [-0.39, 0.29) is 16.7 Å². The van der Waals surface area contributed by atoms with Gasteiger partial charge in [0, 0.05) is 0 Å². The van der Waals surface area contributed by atoms with E-state index in [2.05, 4.69) is 4.98 Å². The van der Waals surface area contributed by atoms with E-state index < -0.39 is 17.4 Å². The molecule has 22 heavy (non-hydrogen) atoms. The number of ether oxygens (including phenoxy) is 1. The van der Waals surface area contributed by atoms with Crippen LogP contribution in [0.2, 0.25) is 0 Å². The average molecular weight is 308 g/mol. The van der Waals surface area contributed by atoms with Gasteiger partial charge < -0.3 is 9.72 Å². The van der Waals surface area contributed by atoms with Gasteiger partial charge in [-0.2, -0.15) is 13.2 Å². The summed E-state index contributed by atoms with van der Waals surface area (Å²) in [6, 6.07) is 10.0. The highest BCUT2D eigenvalue weighted by Gasteiger charge is 2.34. The molecule has 0 amide bonds. The van der Waals surface area contributed by atoms with Crippen LogP contribution in [0.15, 0.2) is 47.3 Å². The molecule has 2 aromatic carbocycles. The van der Waals surface area contributed by atoms with Crippen LogP contribution < -0.4 is 10.4 Å². The summed E-state index contributed by atoms with van der Waals surface area (Å²) in [5.74, 6) is 0.308. The summed E-state index contributed by atoms with van der Waals surface area (Å²) >= 11 is 0. The average Bonchev–Trinajstić information content (AvgIpc) is 2.81. The Kier molecular flexibility index (Phi) is 3.20. The predicted octanol–water partition coefficient (Wildman–Crippen LogP) is 3.35. The minimum Gasteiger partial charge on any atom is -0.495 e. The summed E-state index contributed by atoms with van der Waals surface area (Å²) in [6.45, 7) is 0. The van der Waals surface area contributed by atoms with Gasteiger partial charge in [0.05, 0.1) is 29.4 Å². The maximum Gasteiger partial charge on any atom is 0.418 e. The largest absolute Gasteiger partial charge is 0.495 e. The van der Waals surface area contributed by atoms with Crippen LogP contribution in [0.1, 0.15) is 5.56 Å². The molecule has 0 unspecified atom stereocenters. The van der Waals surface area contributed by atoms with E-state index in [0.717, 1.165) is 10.6 Å². The Morgan fingerprint density at radius 1 is 1.09 bits per heavy atom. The van der Waals surface area contributed by atoms with Crippen molar-refractivity contribution in [3.63, 3.8) is 0 Å². The first-order valence-electron chi connectivity index (χ1n) is 6.38. The molecule has 0 bridgehead atoms. The number of para-hydroxylation sites is 3. The van der Waals surface area contributed by atoms with Crippen molar-refractivity contribution in [1.29, 1.82) is 0 Å². The highest BCUT2D eigenvalue weighted by molar-refractivity contribution is 5.82. The van der Waals surface area contributed by atoms with Crippen LogP contribution in [-0.4, -0.2) is 16.7 Å². The first-order chi connectivity index (χ1) is 10.4. The predicted molar refractivity (Wildman–Crippen MR) is 75.4 cm³/mol. The Balaban J connectivity index is 2.45. The Hall–Kier alpha value is -2.70. The van der Waals surface area contributed by atoms with Crippen LogP contribution in [0.5, 0.6) is 5.75 Å². The quantitative estimate of drug-likeness (QED) is 0.789. The summed E-state index contributed by atoms with van der Waals surface area (Å²) in [4.78, 5) is 14.6. The summed E-state index contributed by atoms with van der Waals surface area (Å²) < 4.78 is 45.9. The number of aromatic amines is 1. The van der Waals surface area contributed by atoms with Gasteiger partial charge in [-0.3, -0.25) is 4.57 Å². The lowest BCUT2D eigenvalue weighted by molar-refractivity contribution is -0.136. The van der Waals surface area contributed by atoms with Gasteiger partial charge in [-0.15, -0.1) is 0 Å². The smallest absolute Gasteiger partial charge is 0.418 e. The second-order valence-electron chi connectivity index (χ2n) is 4.64. The molecule has 1 heterocycles. The molecule has 3 aromatic rings. The zero-order valence-electron chi connectivity index (χ0n) is 11.4. The summed E-state index contributed by atoms with van der Waals surface area (Å²) in [7, 11) is 1.39. The molecule has 3 rings (SSSR count). The molecular weight excluding hydrogens is 297 g/mol. The number of hydrogen-bond acceptors (Lipinski definition) is 2. The van der Waals surface area contributed by atoms with Crippen LogP contribution in [0.4, 0.5) is 13.2 Å². The molecule has 7 heteroatoms. The number of nitrogens with zero attached hydrogens (tertiary/aromatic N) is 1. The van der Waals surface area contributed by atoms with E-state index in [0.29, 0.717) is 5.75 Å². The fourth-order valence-electron chi connectivity index (χ4n) is 2.43. The Morgan fingerprint density at radius 3 is 2.50 bits per heavy atom. The minimum absolute atomic E-state index is 0.116. The monoisotopic (exact) mass is 308 g/mol. The van der Waals surface area contributed by atoms with Crippen LogP contribution in [-0.2, 0) is 6.18 Å². The first kappa shape index (κ1) is 14.2. The van der Waals surface area contributed by atoms with Crippen molar-refractivity contribution in [1.82, 2.24) is 9.55 Å². The molecule has 114 valence electrons. The Morgan fingerprint density at radius 2 is 1.82 bits per heavy atom. The van der Waals surface area contributed by atoms with Crippen molar-refractivity contribution in [2.45, 2.75) is 6.18 Å².